The molecule has 1 fully saturated rings. The molecule has 1 aliphatic rings. The molecule has 1 aromatic carbocycles. The van der Waals surface area contributed by atoms with Crippen LogP contribution in [0, 0.1) is 0 Å². The highest BCUT2D eigenvalue weighted by molar-refractivity contribution is 5.74. The van der Waals surface area contributed by atoms with Gasteiger partial charge in [0.15, 0.2) is 6.10 Å². The molecule has 0 saturated carbocycles. The Morgan fingerprint density at radius 1 is 1.47 bits per heavy atom. The van der Waals surface area contributed by atoms with E-state index >= 15 is 0 Å². The second kappa shape index (κ2) is 5.80. The number of esters is 1. The van der Waals surface area contributed by atoms with Gasteiger partial charge >= 0.3 is 5.97 Å². The summed E-state index contributed by atoms with van der Waals surface area (Å²) < 4.78 is 10.0. The van der Waals surface area contributed by atoms with Gasteiger partial charge in [0, 0.05) is 19.0 Å². The van der Waals surface area contributed by atoms with Crippen molar-refractivity contribution < 1.29 is 14.3 Å². The maximum absolute atomic E-state index is 11.3. The molecular weight excluding hydrogens is 218 g/mol. The van der Waals surface area contributed by atoms with Crippen LogP contribution in [-0.4, -0.2) is 31.8 Å². The summed E-state index contributed by atoms with van der Waals surface area (Å²) in [5, 5.41) is 3.37. The molecule has 1 aromatic rings. The number of methoxy groups -OCH3 is 1. The molecule has 17 heavy (non-hydrogen) atoms. The van der Waals surface area contributed by atoms with Gasteiger partial charge in [-0.25, -0.2) is 4.79 Å². The van der Waals surface area contributed by atoms with Gasteiger partial charge in [-0.1, -0.05) is 30.3 Å². The van der Waals surface area contributed by atoms with Gasteiger partial charge in [0.2, 0.25) is 0 Å². The molecule has 1 N–H and O–H groups in total. The molecule has 0 spiro atoms. The number of hydrogen-bond acceptors (Lipinski definition) is 4. The fraction of sp³-hybridized carbons (Fsp3) is 0.462. The van der Waals surface area contributed by atoms with Crippen molar-refractivity contribution in [2.24, 2.45) is 0 Å². The lowest BCUT2D eigenvalue weighted by Crippen LogP contribution is -2.29. The summed E-state index contributed by atoms with van der Waals surface area (Å²) in [6, 6.07) is 10.4. The Morgan fingerprint density at radius 3 is 2.94 bits per heavy atom. The Morgan fingerprint density at radius 2 is 2.24 bits per heavy atom. The van der Waals surface area contributed by atoms with E-state index in [1.54, 1.807) is 0 Å². The molecule has 0 amide bonds. The fourth-order valence-electron chi connectivity index (χ4n) is 1.92. The van der Waals surface area contributed by atoms with Crippen LogP contribution in [0.15, 0.2) is 30.3 Å². The molecule has 0 radical (unpaired) electrons. The van der Waals surface area contributed by atoms with Gasteiger partial charge in [0.05, 0.1) is 13.7 Å². The first-order valence-electron chi connectivity index (χ1n) is 5.76. The monoisotopic (exact) mass is 235 g/mol. The van der Waals surface area contributed by atoms with Crippen LogP contribution < -0.4 is 5.32 Å². The van der Waals surface area contributed by atoms with Crippen molar-refractivity contribution >= 4 is 5.97 Å². The summed E-state index contributed by atoms with van der Waals surface area (Å²) in [5.74, 6) is -0.283. The van der Waals surface area contributed by atoms with E-state index in [1.165, 1.54) is 12.7 Å². The molecule has 4 heteroatoms. The molecule has 2 unspecified atom stereocenters. The van der Waals surface area contributed by atoms with Crippen LogP contribution in [0.3, 0.4) is 0 Å². The van der Waals surface area contributed by atoms with Gasteiger partial charge in [-0.05, 0) is 5.56 Å². The zero-order valence-corrected chi connectivity index (χ0v) is 9.89. The van der Waals surface area contributed by atoms with E-state index in [0.717, 1.165) is 6.54 Å². The molecule has 0 aliphatic carbocycles. The summed E-state index contributed by atoms with van der Waals surface area (Å²) in [4.78, 5) is 11.3. The molecule has 0 aromatic heterocycles. The number of carbonyl (C=O) groups excluding carboxylic acids is 1. The zero-order valence-electron chi connectivity index (χ0n) is 9.89. The van der Waals surface area contributed by atoms with Crippen molar-refractivity contribution in [1.29, 1.82) is 0 Å². The smallest absolute Gasteiger partial charge is 0.335 e. The molecule has 92 valence electrons. The Kier molecular flexibility index (Phi) is 4.12. The average molecular weight is 235 g/mol. The first kappa shape index (κ1) is 12.1. The van der Waals surface area contributed by atoms with Crippen molar-refractivity contribution in [3.63, 3.8) is 0 Å². The molecule has 2 rings (SSSR count). The number of hydrogen-bond donors (Lipinski definition) is 1. The van der Waals surface area contributed by atoms with E-state index in [-0.39, 0.29) is 12.0 Å². The molecule has 1 saturated heterocycles. The minimum atomic E-state index is -0.409. The SMILES string of the molecule is COC(=O)C1CC(NCc2ccccc2)CO1. The Bertz CT molecular complexity index is 366. The van der Waals surface area contributed by atoms with Crippen molar-refractivity contribution in [3.05, 3.63) is 35.9 Å². The van der Waals surface area contributed by atoms with Gasteiger partial charge in [0.25, 0.3) is 0 Å². The quantitative estimate of drug-likeness (QED) is 0.794. The van der Waals surface area contributed by atoms with Crippen LogP contribution in [0.5, 0.6) is 0 Å². The second-order valence-electron chi connectivity index (χ2n) is 4.14. The third kappa shape index (κ3) is 3.28. The maximum Gasteiger partial charge on any atom is 0.335 e. The summed E-state index contributed by atoms with van der Waals surface area (Å²) in [5.41, 5.74) is 1.23. The van der Waals surface area contributed by atoms with E-state index < -0.39 is 6.10 Å². The van der Waals surface area contributed by atoms with Gasteiger partial charge in [-0.2, -0.15) is 0 Å². The Balaban J connectivity index is 1.77. The molecule has 1 heterocycles. The number of carbonyl (C=O) groups is 1. The predicted octanol–water partition coefficient (Wildman–Crippen LogP) is 1.11. The minimum absolute atomic E-state index is 0.222. The number of ether oxygens (including phenoxy) is 2. The lowest BCUT2D eigenvalue weighted by molar-refractivity contribution is -0.151. The van der Waals surface area contributed by atoms with Crippen LogP contribution in [0.4, 0.5) is 0 Å². The molecule has 4 nitrogen and oxygen atoms in total. The third-order valence-corrected chi connectivity index (χ3v) is 2.90. The number of benzene rings is 1. The fourth-order valence-corrected chi connectivity index (χ4v) is 1.92. The summed E-state index contributed by atoms with van der Waals surface area (Å²) in [6.45, 7) is 1.36. The maximum atomic E-state index is 11.3. The highest BCUT2D eigenvalue weighted by atomic mass is 16.6. The average Bonchev–Trinajstić information content (AvgIpc) is 2.85. The van der Waals surface area contributed by atoms with Crippen LogP contribution in [-0.2, 0) is 20.8 Å². The van der Waals surface area contributed by atoms with Crippen molar-refractivity contribution in [2.75, 3.05) is 13.7 Å². The molecule has 0 bridgehead atoms. The highest BCUT2D eigenvalue weighted by Crippen LogP contribution is 2.15. The standard InChI is InChI=1S/C13H17NO3/c1-16-13(15)12-7-11(9-17-12)14-8-10-5-3-2-4-6-10/h2-6,11-12,14H,7-9H2,1H3. The molecule has 2 atom stereocenters. The van der Waals surface area contributed by atoms with Crippen LogP contribution >= 0.6 is 0 Å². The first-order chi connectivity index (χ1) is 8.29. The van der Waals surface area contributed by atoms with E-state index in [1.807, 2.05) is 18.2 Å². The van der Waals surface area contributed by atoms with Crippen LogP contribution in [0.25, 0.3) is 0 Å². The molecular formula is C13H17NO3. The first-order valence-corrected chi connectivity index (χ1v) is 5.76. The van der Waals surface area contributed by atoms with E-state index in [9.17, 15) is 4.79 Å². The predicted molar refractivity (Wildman–Crippen MR) is 63.4 cm³/mol. The lowest BCUT2D eigenvalue weighted by atomic mass is 10.1. The van der Waals surface area contributed by atoms with E-state index in [0.29, 0.717) is 13.0 Å². The van der Waals surface area contributed by atoms with Crippen molar-refractivity contribution in [3.8, 4) is 0 Å². The van der Waals surface area contributed by atoms with Crippen LogP contribution in [0.1, 0.15) is 12.0 Å². The van der Waals surface area contributed by atoms with Gasteiger partial charge < -0.3 is 14.8 Å². The molecule has 1 aliphatic heterocycles. The Labute approximate surface area is 101 Å². The summed E-state index contributed by atoms with van der Waals surface area (Å²) in [6.07, 6.45) is 0.271. The minimum Gasteiger partial charge on any atom is -0.467 e. The normalized spacial score (nSPS) is 23.6. The second-order valence-corrected chi connectivity index (χ2v) is 4.14. The van der Waals surface area contributed by atoms with Gasteiger partial charge in [-0.3, -0.25) is 0 Å². The number of nitrogens with one attached hydrogen (secondary N) is 1. The van der Waals surface area contributed by atoms with Gasteiger partial charge in [0.1, 0.15) is 0 Å². The zero-order chi connectivity index (χ0) is 12.1. The number of rotatable bonds is 4. The largest absolute Gasteiger partial charge is 0.467 e. The highest BCUT2D eigenvalue weighted by Gasteiger charge is 2.31. The lowest BCUT2D eigenvalue weighted by Gasteiger charge is -2.10. The summed E-state index contributed by atoms with van der Waals surface area (Å²) in [7, 11) is 1.39. The van der Waals surface area contributed by atoms with E-state index in [2.05, 4.69) is 22.2 Å². The van der Waals surface area contributed by atoms with Crippen molar-refractivity contribution in [2.45, 2.75) is 25.1 Å². The third-order valence-electron chi connectivity index (χ3n) is 2.90. The van der Waals surface area contributed by atoms with Gasteiger partial charge in [-0.15, -0.1) is 0 Å². The van der Waals surface area contributed by atoms with Crippen molar-refractivity contribution in [1.82, 2.24) is 5.32 Å². The Hall–Kier alpha value is -1.39. The van der Waals surface area contributed by atoms with Crippen LogP contribution in [0.2, 0.25) is 0 Å². The topological polar surface area (TPSA) is 47.6 Å². The van der Waals surface area contributed by atoms with E-state index in [4.69, 9.17) is 4.74 Å². The summed E-state index contributed by atoms with van der Waals surface area (Å²) >= 11 is 0.